The molecule has 2 aromatic rings. The van der Waals surface area contributed by atoms with E-state index < -0.39 is 17.7 Å². The first-order chi connectivity index (χ1) is 7.56. The average Bonchev–Trinajstić information content (AvgIpc) is 2.62. The fourth-order valence-corrected chi connectivity index (χ4v) is 1.52. The molecule has 1 heterocycles. The summed E-state index contributed by atoms with van der Waals surface area (Å²) in [6, 6.07) is 5.67. The Morgan fingerprint density at radius 3 is 2.25 bits per heavy atom. The quantitative estimate of drug-likeness (QED) is 0.879. The third kappa shape index (κ3) is 2.23. The molecule has 16 heavy (non-hydrogen) atoms. The van der Waals surface area contributed by atoms with Gasteiger partial charge >= 0.3 is 0 Å². The molecule has 1 unspecified atom stereocenters. The Morgan fingerprint density at radius 1 is 1.12 bits per heavy atom. The van der Waals surface area contributed by atoms with E-state index in [2.05, 4.69) is 0 Å². The van der Waals surface area contributed by atoms with Gasteiger partial charge in [0.25, 0.3) is 0 Å². The number of benzene rings is 1. The summed E-state index contributed by atoms with van der Waals surface area (Å²) < 4.78 is 30.8. The maximum atomic E-state index is 12.9. The topological polar surface area (TPSA) is 33.4 Å². The van der Waals surface area contributed by atoms with Crippen molar-refractivity contribution in [1.82, 2.24) is 0 Å². The molecule has 0 saturated carbocycles. The van der Waals surface area contributed by atoms with E-state index in [9.17, 15) is 13.9 Å². The highest BCUT2D eigenvalue weighted by Crippen LogP contribution is 2.26. The van der Waals surface area contributed by atoms with Crippen LogP contribution in [0, 0.1) is 11.6 Å². The minimum atomic E-state index is -1.24. The number of rotatable bonds is 2. The molecular weight excluding hydrogens is 238 g/mol. The summed E-state index contributed by atoms with van der Waals surface area (Å²) in [5.74, 6) is -1.38. The van der Waals surface area contributed by atoms with Gasteiger partial charge in [0.1, 0.15) is 23.5 Å². The highest BCUT2D eigenvalue weighted by molar-refractivity contribution is 6.28. The van der Waals surface area contributed by atoms with Crippen molar-refractivity contribution in [3.8, 4) is 0 Å². The largest absolute Gasteiger partial charge is 0.447 e. The lowest BCUT2D eigenvalue weighted by Gasteiger charge is -2.08. The van der Waals surface area contributed by atoms with Gasteiger partial charge in [0.2, 0.25) is 0 Å². The Morgan fingerprint density at radius 2 is 1.75 bits per heavy atom. The van der Waals surface area contributed by atoms with Gasteiger partial charge in [-0.25, -0.2) is 8.78 Å². The van der Waals surface area contributed by atoms with Crippen LogP contribution in [0.1, 0.15) is 17.4 Å². The molecule has 1 N–H and O–H groups in total. The maximum absolute atomic E-state index is 12.9. The Balaban J connectivity index is 2.37. The van der Waals surface area contributed by atoms with E-state index in [4.69, 9.17) is 16.0 Å². The molecule has 0 radical (unpaired) electrons. The monoisotopic (exact) mass is 244 g/mol. The lowest BCUT2D eigenvalue weighted by atomic mass is 10.1. The second-order valence-corrected chi connectivity index (χ2v) is 3.62. The minimum Gasteiger partial charge on any atom is -0.447 e. The zero-order valence-corrected chi connectivity index (χ0v) is 8.71. The molecule has 1 aromatic carbocycles. The first kappa shape index (κ1) is 11.1. The number of halogens is 3. The molecule has 84 valence electrons. The molecule has 5 heteroatoms. The molecular formula is C11H7ClF2O2. The molecule has 1 atom stereocenters. The molecule has 0 amide bonds. The van der Waals surface area contributed by atoms with Crippen LogP contribution >= 0.6 is 11.6 Å². The summed E-state index contributed by atoms with van der Waals surface area (Å²) in [5, 5.41) is 9.87. The zero-order chi connectivity index (χ0) is 11.7. The van der Waals surface area contributed by atoms with Crippen molar-refractivity contribution in [3.63, 3.8) is 0 Å². The third-order valence-corrected chi connectivity index (χ3v) is 2.27. The van der Waals surface area contributed by atoms with Gasteiger partial charge in [-0.2, -0.15) is 0 Å². The van der Waals surface area contributed by atoms with Gasteiger partial charge < -0.3 is 9.52 Å². The SMILES string of the molecule is OC(c1cc(F)cc(F)c1)c1ccc(Cl)o1. The highest BCUT2D eigenvalue weighted by Gasteiger charge is 2.16. The van der Waals surface area contributed by atoms with Crippen molar-refractivity contribution in [2.24, 2.45) is 0 Å². The van der Waals surface area contributed by atoms with E-state index in [1.54, 1.807) is 0 Å². The standard InChI is InChI=1S/C11H7ClF2O2/c12-10-2-1-9(16-10)11(15)6-3-7(13)5-8(14)4-6/h1-5,11,15H. The van der Waals surface area contributed by atoms with E-state index in [1.807, 2.05) is 0 Å². The van der Waals surface area contributed by atoms with Crippen LogP contribution in [0.25, 0.3) is 0 Å². The molecule has 2 nitrogen and oxygen atoms in total. The van der Waals surface area contributed by atoms with E-state index in [0.29, 0.717) is 0 Å². The highest BCUT2D eigenvalue weighted by atomic mass is 35.5. The number of aliphatic hydroxyl groups excluding tert-OH is 1. The number of hydrogen-bond acceptors (Lipinski definition) is 2. The van der Waals surface area contributed by atoms with Gasteiger partial charge in [-0.15, -0.1) is 0 Å². The van der Waals surface area contributed by atoms with Crippen LogP contribution in [0.15, 0.2) is 34.7 Å². The molecule has 1 aromatic heterocycles. The normalized spacial score (nSPS) is 12.8. The summed E-state index contributed by atoms with van der Waals surface area (Å²) in [5.41, 5.74) is 0.0727. The maximum Gasteiger partial charge on any atom is 0.193 e. The molecule has 0 fully saturated rings. The molecule has 0 spiro atoms. The van der Waals surface area contributed by atoms with Crippen LogP contribution in [-0.2, 0) is 0 Å². The van der Waals surface area contributed by atoms with E-state index in [1.165, 1.54) is 12.1 Å². The second kappa shape index (κ2) is 4.23. The Kier molecular flexibility index (Phi) is 2.94. The van der Waals surface area contributed by atoms with Gasteiger partial charge in [0.15, 0.2) is 5.22 Å². The fourth-order valence-electron chi connectivity index (χ4n) is 1.37. The molecule has 2 rings (SSSR count). The summed E-state index contributed by atoms with van der Waals surface area (Å²) in [6.45, 7) is 0. The summed E-state index contributed by atoms with van der Waals surface area (Å²) in [6.07, 6.45) is -1.24. The zero-order valence-electron chi connectivity index (χ0n) is 7.95. The van der Waals surface area contributed by atoms with Crippen LogP contribution in [0.2, 0.25) is 5.22 Å². The van der Waals surface area contributed by atoms with Crippen molar-refractivity contribution in [2.45, 2.75) is 6.10 Å². The molecule has 0 aliphatic carbocycles. The molecule has 0 aliphatic rings. The van der Waals surface area contributed by atoms with E-state index in [-0.39, 0.29) is 16.5 Å². The second-order valence-electron chi connectivity index (χ2n) is 3.25. The van der Waals surface area contributed by atoms with Gasteiger partial charge in [-0.05, 0) is 41.4 Å². The Labute approximate surface area is 95.1 Å². The summed E-state index contributed by atoms with van der Waals surface area (Å²) in [4.78, 5) is 0. The van der Waals surface area contributed by atoms with Crippen molar-refractivity contribution in [1.29, 1.82) is 0 Å². The summed E-state index contributed by atoms with van der Waals surface area (Å²) >= 11 is 5.53. The van der Waals surface area contributed by atoms with Crippen LogP contribution in [0.3, 0.4) is 0 Å². The van der Waals surface area contributed by atoms with Crippen LogP contribution < -0.4 is 0 Å². The van der Waals surface area contributed by atoms with Crippen molar-refractivity contribution in [2.75, 3.05) is 0 Å². The predicted octanol–water partition coefficient (Wildman–Crippen LogP) is 3.29. The van der Waals surface area contributed by atoms with Crippen molar-refractivity contribution in [3.05, 3.63) is 58.5 Å². The lowest BCUT2D eigenvalue weighted by Crippen LogP contribution is -1.99. The van der Waals surface area contributed by atoms with Crippen LogP contribution in [0.4, 0.5) is 8.78 Å². The number of furan rings is 1. The average molecular weight is 245 g/mol. The van der Waals surface area contributed by atoms with Crippen LogP contribution in [-0.4, -0.2) is 5.11 Å². The molecule has 0 aliphatic heterocycles. The van der Waals surface area contributed by atoms with Gasteiger partial charge in [0, 0.05) is 6.07 Å². The third-order valence-electron chi connectivity index (χ3n) is 2.06. The smallest absolute Gasteiger partial charge is 0.193 e. The lowest BCUT2D eigenvalue weighted by molar-refractivity contribution is 0.188. The van der Waals surface area contributed by atoms with E-state index in [0.717, 1.165) is 18.2 Å². The first-order valence-electron chi connectivity index (χ1n) is 4.45. The Hall–Kier alpha value is -1.39. The van der Waals surface area contributed by atoms with Crippen molar-refractivity contribution < 1.29 is 18.3 Å². The minimum absolute atomic E-state index is 0.0727. The van der Waals surface area contributed by atoms with Gasteiger partial charge in [-0.3, -0.25) is 0 Å². The van der Waals surface area contributed by atoms with Gasteiger partial charge in [-0.1, -0.05) is 0 Å². The number of aliphatic hydroxyl groups is 1. The summed E-state index contributed by atoms with van der Waals surface area (Å²) in [7, 11) is 0. The molecule has 0 saturated heterocycles. The number of hydrogen-bond donors (Lipinski definition) is 1. The van der Waals surface area contributed by atoms with Crippen molar-refractivity contribution >= 4 is 11.6 Å². The molecule has 0 bridgehead atoms. The van der Waals surface area contributed by atoms with E-state index >= 15 is 0 Å². The van der Waals surface area contributed by atoms with Gasteiger partial charge in [0.05, 0.1) is 0 Å². The Bertz CT molecular complexity index is 490. The fraction of sp³-hybridized carbons (Fsp3) is 0.0909. The van der Waals surface area contributed by atoms with Crippen LogP contribution in [0.5, 0.6) is 0 Å². The predicted molar refractivity (Wildman–Crippen MR) is 54.1 cm³/mol. The first-order valence-corrected chi connectivity index (χ1v) is 4.83.